The van der Waals surface area contributed by atoms with Gasteiger partial charge in [0.1, 0.15) is 10.2 Å². The molecule has 2 rings (SSSR count). The van der Waals surface area contributed by atoms with Gasteiger partial charge in [0.2, 0.25) is 0 Å². The summed E-state index contributed by atoms with van der Waals surface area (Å²) in [5.74, 6) is 0.926. The molecule has 0 atom stereocenters. The summed E-state index contributed by atoms with van der Waals surface area (Å²) in [6.07, 6.45) is 5.29. The zero-order valence-corrected chi connectivity index (χ0v) is 14.3. The molecule has 1 aromatic carbocycles. The van der Waals surface area contributed by atoms with Crippen LogP contribution in [0.1, 0.15) is 31.1 Å². The third-order valence-corrected chi connectivity index (χ3v) is 4.33. The van der Waals surface area contributed by atoms with Crippen LogP contribution in [0.2, 0.25) is 0 Å². The van der Waals surface area contributed by atoms with Crippen LogP contribution in [-0.2, 0) is 0 Å². The second-order valence-electron chi connectivity index (χ2n) is 4.72. The number of ether oxygens (including phenoxy) is 1. The third-order valence-electron chi connectivity index (χ3n) is 3.03. The van der Waals surface area contributed by atoms with E-state index in [9.17, 15) is 0 Å². The van der Waals surface area contributed by atoms with Gasteiger partial charge in [0.05, 0.1) is 6.61 Å². The Labute approximate surface area is 140 Å². The van der Waals surface area contributed by atoms with Crippen LogP contribution in [0.3, 0.4) is 0 Å². The van der Waals surface area contributed by atoms with Crippen molar-refractivity contribution in [1.82, 2.24) is 0 Å². The van der Waals surface area contributed by atoms with E-state index in [2.05, 4.69) is 25.1 Å². The first-order valence-electron chi connectivity index (χ1n) is 7.05. The van der Waals surface area contributed by atoms with E-state index in [1.165, 1.54) is 23.3 Å². The molecule has 1 heterocycles. The van der Waals surface area contributed by atoms with E-state index >= 15 is 0 Å². The molecule has 1 nitrogen and oxygen atoms in total. The van der Waals surface area contributed by atoms with Crippen molar-refractivity contribution in [3.8, 4) is 16.2 Å². The standard InChI is InChI=1S/C17H18Cl2OS/c1-2-3-4-11-20-14-7-5-13(6-8-14)16-10-9-15(21-16)12-17(18)19/h5-10,12H,2-4,11H2,1H3. The van der Waals surface area contributed by atoms with Gasteiger partial charge in [0.25, 0.3) is 0 Å². The fourth-order valence-corrected chi connectivity index (χ4v) is 3.27. The van der Waals surface area contributed by atoms with Gasteiger partial charge in [-0.1, -0.05) is 43.0 Å². The van der Waals surface area contributed by atoms with Crippen molar-refractivity contribution in [1.29, 1.82) is 0 Å². The Bertz CT molecular complexity index is 583. The second-order valence-corrected chi connectivity index (χ2v) is 6.84. The summed E-state index contributed by atoms with van der Waals surface area (Å²) >= 11 is 13.0. The monoisotopic (exact) mass is 340 g/mol. The van der Waals surface area contributed by atoms with Crippen LogP contribution >= 0.6 is 34.5 Å². The molecule has 0 radical (unpaired) electrons. The van der Waals surface area contributed by atoms with Crippen molar-refractivity contribution in [2.75, 3.05) is 6.61 Å². The summed E-state index contributed by atoms with van der Waals surface area (Å²) < 4.78 is 5.99. The predicted molar refractivity (Wildman–Crippen MR) is 94.5 cm³/mol. The highest BCUT2D eigenvalue weighted by atomic mass is 35.5. The summed E-state index contributed by atoms with van der Waals surface area (Å²) in [5, 5.41) is 0. The highest BCUT2D eigenvalue weighted by Crippen LogP contribution is 2.31. The van der Waals surface area contributed by atoms with E-state index in [0.29, 0.717) is 0 Å². The number of halogens is 2. The summed E-state index contributed by atoms with van der Waals surface area (Å²) in [4.78, 5) is 2.23. The fraction of sp³-hybridized carbons (Fsp3) is 0.294. The lowest BCUT2D eigenvalue weighted by molar-refractivity contribution is 0.306. The first-order valence-corrected chi connectivity index (χ1v) is 8.62. The molecule has 0 saturated heterocycles. The van der Waals surface area contributed by atoms with Gasteiger partial charge in [0.15, 0.2) is 0 Å². The van der Waals surface area contributed by atoms with Crippen LogP contribution in [0.25, 0.3) is 16.5 Å². The highest BCUT2D eigenvalue weighted by Gasteiger charge is 2.03. The van der Waals surface area contributed by atoms with Gasteiger partial charge in [-0.2, -0.15) is 0 Å². The van der Waals surface area contributed by atoms with Gasteiger partial charge in [0, 0.05) is 9.75 Å². The minimum Gasteiger partial charge on any atom is -0.494 e. The van der Waals surface area contributed by atoms with Gasteiger partial charge >= 0.3 is 0 Å². The molecule has 4 heteroatoms. The van der Waals surface area contributed by atoms with E-state index in [-0.39, 0.29) is 4.49 Å². The molecule has 112 valence electrons. The van der Waals surface area contributed by atoms with E-state index in [0.717, 1.165) is 23.7 Å². The maximum atomic E-state index is 5.72. The second kappa shape index (κ2) is 8.47. The van der Waals surface area contributed by atoms with Crippen molar-refractivity contribution in [2.24, 2.45) is 0 Å². The molecule has 0 aliphatic carbocycles. The largest absolute Gasteiger partial charge is 0.494 e. The number of rotatable bonds is 7. The molecule has 0 unspecified atom stereocenters. The predicted octanol–water partition coefficient (Wildman–Crippen LogP) is 6.76. The third kappa shape index (κ3) is 5.39. The SMILES string of the molecule is CCCCCOc1ccc(-c2ccc(C=C(Cl)Cl)s2)cc1. The average molecular weight is 341 g/mol. The Morgan fingerprint density at radius 2 is 1.86 bits per heavy atom. The Morgan fingerprint density at radius 3 is 2.52 bits per heavy atom. The fourth-order valence-electron chi connectivity index (χ4n) is 1.95. The molecule has 0 bridgehead atoms. The highest BCUT2D eigenvalue weighted by molar-refractivity contribution is 7.16. The zero-order chi connectivity index (χ0) is 15.1. The molecule has 21 heavy (non-hydrogen) atoms. The van der Waals surface area contributed by atoms with E-state index in [4.69, 9.17) is 27.9 Å². The molecule has 0 aliphatic rings. The topological polar surface area (TPSA) is 9.23 Å². The number of thiophene rings is 1. The van der Waals surface area contributed by atoms with Gasteiger partial charge < -0.3 is 4.74 Å². The number of hydrogen-bond acceptors (Lipinski definition) is 2. The summed E-state index contributed by atoms with van der Waals surface area (Å²) in [7, 11) is 0. The number of unbranched alkanes of at least 4 members (excludes halogenated alkanes) is 2. The van der Waals surface area contributed by atoms with Crippen molar-refractivity contribution in [3.05, 3.63) is 45.8 Å². The molecule has 1 aromatic heterocycles. The molecule has 0 N–H and O–H groups in total. The molecule has 0 aliphatic heterocycles. The molecule has 0 fully saturated rings. The molecule has 2 aromatic rings. The Hall–Kier alpha value is -0.960. The van der Waals surface area contributed by atoms with E-state index in [1.54, 1.807) is 17.4 Å². The first-order chi connectivity index (χ1) is 10.2. The van der Waals surface area contributed by atoms with E-state index < -0.39 is 0 Å². The average Bonchev–Trinajstić information content (AvgIpc) is 2.92. The first kappa shape index (κ1) is 16.4. The molecular weight excluding hydrogens is 323 g/mol. The Balaban J connectivity index is 1.98. The van der Waals surface area contributed by atoms with E-state index in [1.807, 2.05) is 18.2 Å². The van der Waals surface area contributed by atoms with Crippen LogP contribution in [0.4, 0.5) is 0 Å². The van der Waals surface area contributed by atoms with Crippen molar-refractivity contribution in [3.63, 3.8) is 0 Å². The van der Waals surface area contributed by atoms with Crippen molar-refractivity contribution >= 4 is 40.6 Å². The molecule has 0 saturated carbocycles. The molecule has 0 amide bonds. The number of benzene rings is 1. The summed E-state index contributed by atoms with van der Waals surface area (Å²) in [6, 6.07) is 12.3. The van der Waals surface area contributed by atoms with Crippen LogP contribution in [0, 0.1) is 0 Å². The van der Waals surface area contributed by atoms with Crippen LogP contribution in [-0.4, -0.2) is 6.61 Å². The summed E-state index contributed by atoms with van der Waals surface area (Å²) in [5.41, 5.74) is 1.17. The van der Waals surface area contributed by atoms with Gasteiger partial charge in [-0.25, -0.2) is 0 Å². The lowest BCUT2D eigenvalue weighted by Crippen LogP contribution is -1.96. The van der Waals surface area contributed by atoms with Crippen LogP contribution < -0.4 is 4.74 Å². The maximum Gasteiger partial charge on any atom is 0.119 e. The lowest BCUT2D eigenvalue weighted by Gasteiger charge is -2.06. The van der Waals surface area contributed by atoms with Gasteiger partial charge in [-0.3, -0.25) is 0 Å². The lowest BCUT2D eigenvalue weighted by atomic mass is 10.2. The zero-order valence-electron chi connectivity index (χ0n) is 11.9. The van der Waals surface area contributed by atoms with Crippen molar-refractivity contribution in [2.45, 2.75) is 26.2 Å². The van der Waals surface area contributed by atoms with Gasteiger partial charge in [-0.05, 0) is 54.5 Å². The normalized spacial score (nSPS) is 10.4. The maximum absolute atomic E-state index is 5.72. The number of hydrogen-bond donors (Lipinski definition) is 0. The quantitative estimate of drug-likeness (QED) is 0.506. The minimum atomic E-state index is 0.277. The smallest absolute Gasteiger partial charge is 0.119 e. The Kier molecular flexibility index (Phi) is 6.62. The minimum absolute atomic E-state index is 0.277. The Morgan fingerprint density at radius 1 is 1.10 bits per heavy atom. The summed E-state index contributed by atoms with van der Waals surface area (Å²) in [6.45, 7) is 2.98. The molecular formula is C17H18Cl2OS. The van der Waals surface area contributed by atoms with Crippen LogP contribution in [0.15, 0.2) is 40.9 Å². The van der Waals surface area contributed by atoms with Crippen LogP contribution in [0.5, 0.6) is 5.75 Å². The molecule has 0 spiro atoms. The van der Waals surface area contributed by atoms with Gasteiger partial charge in [-0.15, -0.1) is 11.3 Å². The van der Waals surface area contributed by atoms with Crippen molar-refractivity contribution < 1.29 is 4.74 Å².